The average Bonchev–Trinajstić information content (AvgIpc) is 2.93. The minimum atomic E-state index is 0.986. The Labute approximate surface area is 108 Å². The van der Waals surface area contributed by atoms with E-state index in [0.717, 1.165) is 30.5 Å². The minimum absolute atomic E-state index is 0.986. The minimum Gasteiger partial charge on any atom is -0.158 e. The SMILES string of the molecule is CCC/C(=N/N=C/c1ccccc1)C1=CC=CC1. The lowest BCUT2D eigenvalue weighted by molar-refractivity contribution is 0.976. The van der Waals surface area contributed by atoms with E-state index in [1.807, 2.05) is 30.3 Å². The molecule has 0 unspecified atom stereocenters. The lowest BCUT2D eigenvalue weighted by Crippen LogP contribution is -2.00. The Morgan fingerprint density at radius 1 is 1.28 bits per heavy atom. The molecule has 0 saturated heterocycles. The fraction of sp³-hybridized carbons (Fsp3) is 0.250. The molecule has 0 N–H and O–H groups in total. The van der Waals surface area contributed by atoms with Gasteiger partial charge in [0.25, 0.3) is 0 Å². The first kappa shape index (κ1) is 12.5. The van der Waals surface area contributed by atoms with Gasteiger partial charge in [0.15, 0.2) is 0 Å². The molecule has 0 bridgehead atoms. The zero-order chi connectivity index (χ0) is 12.6. The highest BCUT2D eigenvalue weighted by atomic mass is 15.2. The summed E-state index contributed by atoms with van der Waals surface area (Å²) in [6.45, 7) is 2.17. The normalized spacial score (nSPS) is 15.4. The van der Waals surface area contributed by atoms with Crippen molar-refractivity contribution in [3.63, 3.8) is 0 Å². The van der Waals surface area contributed by atoms with Crippen molar-refractivity contribution in [3.8, 4) is 0 Å². The van der Waals surface area contributed by atoms with Crippen molar-refractivity contribution in [2.75, 3.05) is 0 Å². The molecule has 1 aromatic rings. The van der Waals surface area contributed by atoms with Crippen LogP contribution >= 0.6 is 0 Å². The van der Waals surface area contributed by atoms with Gasteiger partial charge in [-0.2, -0.15) is 10.2 Å². The molecule has 0 aromatic heterocycles. The third-order valence-corrected chi connectivity index (χ3v) is 2.81. The number of hydrogen-bond donors (Lipinski definition) is 0. The van der Waals surface area contributed by atoms with Gasteiger partial charge in [-0.05, 0) is 24.0 Å². The summed E-state index contributed by atoms with van der Waals surface area (Å²) in [6, 6.07) is 10.0. The molecule has 92 valence electrons. The Morgan fingerprint density at radius 3 is 2.78 bits per heavy atom. The van der Waals surface area contributed by atoms with E-state index in [1.54, 1.807) is 6.21 Å². The molecule has 0 aliphatic heterocycles. The van der Waals surface area contributed by atoms with E-state index in [9.17, 15) is 0 Å². The van der Waals surface area contributed by atoms with Crippen LogP contribution in [0.1, 0.15) is 31.7 Å². The van der Waals surface area contributed by atoms with Crippen molar-refractivity contribution in [3.05, 3.63) is 59.7 Å². The van der Waals surface area contributed by atoms with Crippen LogP contribution < -0.4 is 0 Å². The van der Waals surface area contributed by atoms with Crippen molar-refractivity contribution in [1.82, 2.24) is 0 Å². The Hall–Kier alpha value is -1.96. The van der Waals surface area contributed by atoms with Gasteiger partial charge >= 0.3 is 0 Å². The summed E-state index contributed by atoms with van der Waals surface area (Å²) in [7, 11) is 0. The topological polar surface area (TPSA) is 24.7 Å². The standard InChI is InChI=1S/C16H18N2/c1-2-8-16(15-11-6-7-12-15)18-17-13-14-9-4-3-5-10-14/h3-7,9-11,13H,2,8,12H2,1H3/b17-13+,18-16-. The fourth-order valence-corrected chi connectivity index (χ4v) is 1.88. The van der Waals surface area contributed by atoms with Crippen LogP contribution in [0.4, 0.5) is 0 Å². The monoisotopic (exact) mass is 238 g/mol. The molecule has 18 heavy (non-hydrogen) atoms. The number of rotatable bonds is 5. The third-order valence-electron chi connectivity index (χ3n) is 2.81. The molecule has 2 heteroatoms. The Balaban J connectivity index is 2.07. The zero-order valence-corrected chi connectivity index (χ0v) is 10.7. The van der Waals surface area contributed by atoms with Gasteiger partial charge in [-0.15, -0.1) is 0 Å². The molecule has 1 aromatic carbocycles. The van der Waals surface area contributed by atoms with Gasteiger partial charge in [0.1, 0.15) is 0 Å². The molecule has 0 spiro atoms. The van der Waals surface area contributed by atoms with E-state index >= 15 is 0 Å². The summed E-state index contributed by atoms with van der Waals surface area (Å²) >= 11 is 0. The van der Waals surface area contributed by atoms with Gasteiger partial charge in [-0.1, -0.05) is 61.9 Å². The quantitative estimate of drug-likeness (QED) is 0.544. The van der Waals surface area contributed by atoms with Crippen LogP contribution in [-0.2, 0) is 0 Å². The van der Waals surface area contributed by atoms with Crippen molar-refractivity contribution < 1.29 is 0 Å². The Bertz CT molecular complexity index is 493. The van der Waals surface area contributed by atoms with Gasteiger partial charge in [0, 0.05) is 0 Å². The van der Waals surface area contributed by atoms with Crippen molar-refractivity contribution >= 4 is 11.9 Å². The van der Waals surface area contributed by atoms with E-state index in [4.69, 9.17) is 0 Å². The van der Waals surface area contributed by atoms with Gasteiger partial charge < -0.3 is 0 Å². The second-order valence-corrected chi connectivity index (χ2v) is 4.28. The van der Waals surface area contributed by atoms with Crippen LogP contribution in [0.15, 0.2) is 64.3 Å². The van der Waals surface area contributed by atoms with Crippen molar-refractivity contribution in [1.29, 1.82) is 0 Å². The summed E-state index contributed by atoms with van der Waals surface area (Å²) in [6.07, 6.45) is 11.2. The number of benzene rings is 1. The highest BCUT2D eigenvalue weighted by Gasteiger charge is 2.06. The molecule has 0 amide bonds. The van der Waals surface area contributed by atoms with E-state index in [2.05, 4.69) is 35.4 Å². The van der Waals surface area contributed by atoms with E-state index in [1.165, 1.54) is 5.57 Å². The molecule has 0 saturated carbocycles. The van der Waals surface area contributed by atoms with E-state index in [-0.39, 0.29) is 0 Å². The highest BCUT2D eigenvalue weighted by molar-refractivity contribution is 6.01. The maximum absolute atomic E-state index is 4.37. The first-order valence-electron chi connectivity index (χ1n) is 6.41. The lowest BCUT2D eigenvalue weighted by Gasteiger charge is -2.03. The summed E-state index contributed by atoms with van der Waals surface area (Å²) in [5, 5.41) is 8.57. The Morgan fingerprint density at radius 2 is 2.11 bits per heavy atom. The van der Waals surface area contributed by atoms with Crippen LogP contribution in [0.3, 0.4) is 0 Å². The average molecular weight is 238 g/mol. The van der Waals surface area contributed by atoms with Gasteiger partial charge in [0.05, 0.1) is 11.9 Å². The second kappa shape index (κ2) is 6.70. The van der Waals surface area contributed by atoms with Crippen LogP contribution in [0.2, 0.25) is 0 Å². The molecule has 2 nitrogen and oxygen atoms in total. The van der Waals surface area contributed by atoms with Gasteiger partial charge in [-0.25, -0.2) is 0 Å². The molecule has 1 aliphatic rings. The van der Waals surface area contributed by atoms with Crippen LogP contribution in [0.5, 0.6) is 0 Å². The predicted molar refractivity (Wildman–Crippen MR) is 78.2 cm³/mol. The molecule has 0 radical (unpaired) electrons. The fourth-order valence-electron chi connectivity index (χ4n) is 1.88. The number of hydrogen-bond acceptors (Lipinski definition) is 2. The first-order valence-corrected chi connectivity index (χ1v) is 6.41. The van der Waals surface area contributed by atoms with Crippen LogP contribution in [-0.4, -0.2) is 11.9 Å². The van der Waals surface area contributed by atoms with E-state index < -0.39 is 0 Å². The molecule has 1 aliphatic carbocycles. The zero-order valence-electron chi connectivity index (χ0n) is 10.7. The molecule has 2 rings (SSSR count). The molecule has 0 atom stereocenters. The van der Waals surface area contributed by atoms with E-state index in [0.29, 0.717) is 0 Å². The van der Waals surface area contributed by atoms with Gasteiger partial charge in [0.2, 0.25) is 0 Å². The summed E-state index contributed by atoms with van der Waals surface area (Å²) in [5.74, 6) is 0. The summed E-state index contributed by atoms with van der Waals surface area (Å²) in [4.78, 5) is 0. The molecular weight excluding hydrogens is 220 g/mol. The highest BCUT2D eigenvalue weighted by Crippen LogP contribution is 2.15. The largest absolute Gasteiger partial charge is 0.158 e. The summed E-state index contributed by atoms with van der Waals surface area (Å²) < 4.78 is 0. The molecular formula is C16H18N2. The van der Waals surface area contributed by atoms with Crippen molar-refractivity contribution in [2.45, 2.75) is 26.2 Å². The maximum atomic E-state index is 4.37. The number of nitrogens with zero attached hydrogens (tertiary/aromatic N) is 2. The summed E-state index contributed by atoms with van der Waals surface area (Å²) in [5.41, 5.74) is 3.48. The van der Waals surface area contributed by atoms with Gasteiger partial charge in [-0.3, -0.25) is 0 Å². The van der Waals surface area contributed by atoms with Crippen LogP contribution in [0.25, 0.3) is 0 Å². The van der Waals surface area contributed by atoms with Crippen LogP contribution in [0, 0.1) is 0 Å². The molecule has 0 fully saturated rings. The smallest absolute Gasteiger partial charge is 0.0665 e. The lowest BCUT2D eigenvalue weighted by atomic mass is 10.1. The second-order valence-electron chi connectivity index (χ2n) is 4.28. The molecule has 0 heterocycles. The Kier molecular flexibility index (Phi) is 4.65. The number of allylic oxidation sites excluding steroid dienone is 4. The predicted octanol–water partition coefficient (Wildman–Crippen LogP) is 4.15. The van der Waals surface area contributed by atoms with Crippen molar-refractivity contribution in [2.24, 2.45) is 10.2 Å². The maximum Gasteiger partial charge on any atom is 0.0665 e. The first-order chi connectivity index (χ1) is 8.90. The third kappa shape index (κ3) is 3.52.